The van der Waals surface area contributed by atoms with Crippen molar-refractivity contribution < 1.29 is 14.3 Å². The molecule has 0 saturated heterocycles. The van der Waals surface area contributed by atoms with E-state index in [-0.39, 0.29) is 0 Å². The molecule has 132 valence electrons. The molecule has 1 atom stereocenters. The molecule has 0 saturated carbocycles. The number of nitrogens with zero attached hydrogens (tertiary/aromatic N) is 5. The minimum atomic E-state index is -0.643. The lowest BCUT2D eigenvalue weighted by Crippen LogP contribution is -2.31. The summed E-state index contributed by atoms with van der Waals surface area (Å²) in [4.78, 5) is 13.2. The minimum Gasteiger partial charge on any atom is -0.390 e. The Hall–Kier alpha value is -2.62. The molecule has 0 amide bonds. The quantitative estimate of drug-likeness (QED) is 0.628. The van der Waals surface area contributed by atoms with E-state index in [2.05, 4.69) is 20.4 Å². The summed E-state index contributed by atoms with van der Waals surface area (Å²) in [5.74, 6) is -0.0340. The van der Waals surface area contributed by atoms with Crippen LogP contribution in [-0.4, -0.2) is 56.7 Å². The van der Waals surface area contributed by atoms with Crippen LogP contribution in [0.25, 0.3) is 10.9 Å². The van der Waals surface area contributed by atoms with Crippen LogP contribution in [-0.2, 0) is 11.4 Å². The Morgan fingerprint density at radius 1 is 1.40 bits per heavy atom. The highest BCUT2D eigenvalue weighted by Crippen LogP contribution is 2.25. The van der Waals surface area contributed by atoms with E-state index < -0.39 is 11.9 Å². The van der Waals surface area contributed by atoms with E-state index in [4.69, 9.17) is 4.84 Å². The van der Waals surface area contributed by atoms with Crippen LogP contribution in [0.4, 0.5) is 15.9 Å². The van der Waals surface area contributed by atoms with Crippen molar-refractivity contribution in [2.24, 2.45) is 0 Å². The number of aliphatic hydroxyl groups excluding tert-OH is 1. The first kappa shape index (κ1) is 17.2. The SMILES string of the molecule is CON(C)C[C@H](O)Cn1cc(Nc2ncnc3cccc(F)c23)cn1. The number of hydrogen-bond donors (Lipinski definition) is 2. The summed E-state index contributed by atoms with van der Waals surface area (Å²) < 4.78 is 15.7. The summed E-state index contributed by atoms with van der Waals surface area (Å²) in [7, 11) is 3.27. The van der Waals surface area contributed by atoms with Gasteiger partial charge in [0.15, 0.2) is 0 Å². The molecule has 2 N–H and O–H groups in total. The zero-order valence-corrected chi connectivity index (χ0v) is 13.9. The highest BCUT2D eigenvalue weighted by Gasteiger charge is 2.12. The van der Waals surface area contributed by atoms with Gasteiger partial charge in [0.25, 0.3) is 0 Å². The Balaban J connectivity index is 1.74. The predicted octanol–water partition coefficient (Wildman–Crippen LogP) is 1.56. The second kappa shape index (κ2) is 7.51. The molecule has 25 heavy (non-hydrogen) atoms. The Morgan fingerprint density at radius 3 is 3.04 bits per heavy atom. The number of halogens is 1. The highest BCUT2D eigenvalue weighted by atomic mass is 19.1. The smallest absolute Gasteiger partial charge is 0.144 e. The summed E-state index contributed by atoms with van der Waals surface area (Å²) >= 11 is 0. The van der Waals surface area contributed by atoms with Crippen LogP contribution in [0.5, 0.6) is 0 Å². The normalized spacial score (nSPS) is 12.7. The molecule has 0 unspecified atom stereocenters. The molecule has 0 spiro atoms. The molecule has 3 aromatic rings. The van der Waals surface area contributed by atoms with E-state index in [1.165, 1.54) is 24.6 Å². The van der Waals surface area contributed by atoms with Crippen LogP contribution in [0.3, 0.4) is 0 Å². The molecule has 2 aromatic heterocycles. The maximum Gasteiger partial charge on any atom is 0.144 e. The van der Waals surface area contributed by atoms with Crippen molar-refractivity contribution in [2.45, 2.75) is 12.6 Å². The third-order valence-electron chi connectivity index (χ3n) is 3.69. The summed E-state index contributed by atoms with van der Waals surface area (Å²) in [6.07, 6.45) is 4.03. The van der Waals surface area contributed by atoms with E-state index >= 15 is 0 Å². The third kappa shape index (κ3) is 4.08. The Bertz CT molecular complexity index is 850. The van der Waals surface area contributed by atoms with Crippen LogP contribution < -0.4 is 5.32 Å². The average Bonchev–Trinajstić information content (AvgIpc) is 3.01. The van der Waals surface area contributed by atoms with E-state index in [0.717, 1.165) is 0 Å². The van der Waals surface area contributed by atoms with Gasteiger partial charge in [-0.2, -0.15) is 10.2 Å². The molecular formula is C16H19FN6O2. The lowest BCUT2D eigenvalue weighted by atomic mass is 10.2. The van der Waals surface area contributed by atoms with Crippen molar-refractivity contribution >= 4 is 22.4 Å². The zero-order valence-electron chi connectivity index (χ0n) is 13.9. The third-order valence-corrected chi connectivity index (χ3v) is 3.69. The first-order valence-electron chi connectivity index (χ1n) is 7.69. The fourth-order valence-corrected chi connectivity index (χ4v) is 2.47. The molecule has 8 nitrogen and oxygen atoms in total. The number of nitrogens with one attached hydrogen (secondary N) is 1. The Kier molecular flexibility index (Phi) is 5.17. The average molecular weight is 346 g/mol. The van der Waals surface area contributed by atoms with Crippen molar-refractivity contribution in [3.05, 3.63) is 42.7 Å². The van der Waals surface area contributed by atoms with Gasteiger partial charge >= 0.3 is 0 Å². The van der Waals surface area contributed by atoms with Gasteiger partial charge in [-0.3, -0.25) is 4.68 Å². The van der Waals surface area contributed by atoms with E-state index in [1.54, 1.807) is 36.3 Å². The highest BCUT2D eigenvalue weighted by molar-refractivity contribution is 5.90. The standard InChI is InChI=1S/C16H19FN6O2/c1-22(25-2)8-12(24)9-23-7-11(6-20-23)21-16-15-13(17)4-3-5-14(15)18-10-19-16/h3-7,10,12,24H,8-9H2,1-2H3,(H,18,19,21)/t12-/m0/s1. The summed E-state index contributed by atoms with van der Waals surface area (Å²) in [5.41, 5.74) is 1.15. The molecule has 0 bridgehead atoms. The first-order valence-corrected chi connectivity index (χ1v) is 7.69. The van der Waals surface area contributed by atoms with Gasteiger partial charge in [-0.15, -0.1) is 0 Å². The number of fused-ring (bicyclic) bond motifs is 1. The summed E-state index contributed by atoms with van der Waals surface area (Å²) in [6, 6.07) is 4.69. The molecule has 9 heteroatoms. The van der Waals surface area contributed by atoms with Gasteiger partial charge in [-0.05, 0) is 12.1 Å². The zero-order chi connectivity index (χ0) is 17.8. The van der Waals surface area contributed by atoms with Gasteiger partial charge in [-0.1, -0.05) is 6.07 Å². The van der Waals surface area contributed by atoms with Crippen LogP contribution in [0.15, 0.2) is 36.9 Å². The number of aromatic nitrogens is 4. The summed E-state index contributed by atoms with van der Waals surface area (Å²) in [5, 5.41) is 19.1. The maximum atomic E-state index is 14.1. The van der Waals surface area contributed by atoms with Crippen molar-refractivity contribution in [1.29, 1.82) is 0 Å². The van der Waals surface area contributed by atoms with Crippen LogP contribution in [0.1, 0.15) is 0 Å². The number of rotatable bonds is 7. The van der Waals surface area contributed by atoms with Gasteiger partial charge in [0.2, 0.25) is 0 Å². The molecular weight excluding hydrogens is 327 g/mol. The lowest BCUT2D eigenvalue weighted by Gasteiger charge is -2.17. The van der Waals surface area contributed by atoms with Gasteiger partial charge in [-0.25, -0.2) is 14.4 Å². The number of anilines is 2. The predicted molar refractivity (Wildman–Crippen MR) is 90.7 cm³/mol. The van der Waals surface area contributed by atoms with Gasteiger partial charge in [0.1, 0.15) is 18.0 Å². The fourth-order valence-electron chi connectivity index (χ4n) is 2.47. The van der Waals surface area contributed by atoms with Crippen LogP contribution >= 0.6 is 0 Å². The van der Waals surface area contributed by atoms with Gasteiger partial charge < -0.3 is 15.3 Å². The monoisotopic (exact) mass is 346 g/mol. The number of aliphatic hydroxyl groups is 1. The number of hydroxylamine groups is 2. The largest absolute Gasteiger partial charge is 0.390 e. The van der Waals surface area contributed by atoms with Crippen molar-refractivity contribution in [1.82, 2.24) is 24.8 Å². The Morgan fingerprint density at radius 2 is 2.24 bits per heavy atom. The second-order valence-corrected chi connectivity index (χ2v) is 5.58. The number of hydrogen-bond acceptors (Lipinski definition) is 7. The molecule has 0 fully saturated rings. The summed E-state index contributed by atoms with van der Waals surface area (Å²) in [6.45, 7) is 0.648. The number of benzene rings is 1. The van der Waals surface area contributed by atoms with Gasteiger partial charge in [0, 0.05) is 13.2 Å². The minimum absolute atomic E-state index is 0.300. The van der Waals surface area contributed by atoms with Crippen molar-refractivity contribution in [3.63, 3.8) is 0 Å². The number of likely N-dealkylation sites (N-methyl/N-ethyl adjacent to an activating group) is 1. The molecule has 0 aliphatic carbocycles. The molecule has 1 aromatic carbocycles. The first-order chi connectivity index (χ1) is 12.1. The second-order valence-electron chi connectivity index (χ2n) is 5.58. The topological polar surface area (TPSA) is 88.3 Å². The molecule has 3 rings (SSSR count). The Labute approximate surface area is 143 Å². The maximum absolute atomic E-state index is 14.1. The van der Waals surface area contributed by atoms with E-state index in [0.29, 0.717) is 35.5 Å². The van der Waals surface area contributed by atoms with Crippen LogP contribution in [0.2, 0.25) is 0 Å². The van der Waals surface area contributed by atoms with E-state index in [9.17, 15) is 9.50 Å². The van der Waals surface area contributed by atoms with E-state index in [1.807, 2.05) is 0 Å². The van der Waals surface area contributed by atoms with Gasteiger partial charge in [0.05, 0.1) is 49.1 Å². The van der Waals surface area contributed by atoms with Crippen LogP contribution in [0, 0.1) is 5.82 Å². The molecule has 2 heterocycles. The van der Waals surface area contributed by atoms with Crippen molar-refractivity contribution in [3.8, 4) is 0 Å². The van der Waals surface area contributed by atoms with Crippen molar-refractivity contribution in [2.75, 3.05) is 26.0 Å². The lowest BCUT2D eigenvalue weighted by molar-refractivity contribution is -0.129. The molecule has 0 radical (unpaired) electrons. The fraction of sp³-hybridized carbons (Fsp3) is 0.312. The molecule has 0 aliphatic heterocycles. The molecule has 0 aliphatic rings.